The summed E-state index contributed by atoms with van der Waals surface area (Å²) >= 11 is 0. The molecule has 0 N–H and O–H groups in total. The number of unbranched alkanes of at least 4 members (excludes halogenated alkanes) is 1. The summed E-state index contributed by atoms with van der Waals surface area (Å²) in [6.07, 6.45) is 3.59. The molecule has 0 unspecified atom stereocenters. The number of carbonyl (C=O) groups is 1. The molecule has 0 atom stereocenters. The van der Waals surface area contributed by atoms with E-state index < -0.39 is 0 Å². The highest BCUT2D eigenvalue weighted by Gasteiger charge is 2.24. The molecule has 1 fully saturated rings. The highest BCUT2D eigenvalue weighted by atomic mass is 16.2. The Bertz CT molecular complexity index is 1260. The summed E-state index contributed by atoms with van der Waals surface area (Å²) in [6, 6.07) is 28.9. The normalized spacial score (nSPS) is 13.9. The molecule has 1 saturated heterocycles. The summed E-state index contributed by atoms with van der Waals surface area (Å²) in [5.41, 5.74) is 6.09. The van der Waals surface area contributed by atoms with E-state index >= 15 is 0 Å². The average molecular weight is 450 g/mol. The first-order valence-electron chi connectivity index (χ1n) is 12.3. The van der Waals surface area contributed by atoms with Crippen LogP contribution < -0.4 is 4.90 Å². The van der Waals surface area contributed by atoms with Gasteiger partial charge < -0.3 is 9.80 Å². The van der Waals surface area contributed by atoms with Gasteiger partial charge in [0.1, 0.15) is 0 Å². The predicted octanol–water partition coefficient (Wildman–Crippen LogP) is 6.21. The topological polar surface area (TPSA) is 36.4 Å². The summed E-state index contributed by atoms with van der Waals surface area (Å²) in [7, 11) is 0. The number of hydrogen-bond acceptors (Lipinski definition) is 3. The third-order valence-electron chi connectivity index (χ3n) is 6.70. The second-order valence-electron chi connectivity index (χ2n) is 8.99. The lowest BCUT2D eigenvalue weighted by Gasteiger charge is -2.36. The van der Waals surface area contributed by atoms with Gasteiger partial charge in [-0.15, -0.1) is 0 Å². The van der Waals surface area contributed by atoms with Gasteiger partial charge in [0.2, 0.25) is 0 Å². The Labute approximate surface area is 201 Å². The van der Waals surface area contributed by atoms with Crippen molar-refractivity contribution >= 4 is 22.5 Å². The summed E-state index contributed by atoms with van der Waals surface area (Å²) in [4.78, 5) is 22.9. The van der Waals surface area contributed by atoms with Crippen LogP contribution in [-0.4, -0.2) is 42.0 Å². The number of pyridine rings is 1. The van der Waals surface area contributed by atoms with E-state index in [9.17, 15) is 4.79 Å². The van der Waals surface area contributed by atoms with Crippen molar-refractivity contribution in [2.75, 3.05) is 31.1 Å². The van der Waals surface area contributed by atoms with Gasteiger partial charge in [-0.25, -0.2) is 4.98 Å². The van der Waals surface area contributed by atoms with Crippen molar-refractivity contribution in [3.63, 3.8) is 0 Å². The number of amides is 1. The smallest absolute Gasteiger partial charge is 0.254 e. The summed E-state index contributed by atoms with van der Waals surface area (Å²) in [5.74, 6) is 0.0883. The van der Waals surface area contributed by atoms with Gasteiger partial charge >= 0.3 is 0 Å². The van der Waals surface area contributed by atoms with Crippen molar-refractivity contribution in [3.8, 4) is 11.3 Å². The Morgan fingerprint density at radius 2 is 1.56 bits per heavy atom. The monoisotopic (exact) mass is 449 g/mol. The molecule has 172 valence electrons. The number of para-hydroxylation sites is 1. The minimum Gasteiger partial charge on any atom is -0.368 e. The van der Waals surface area contributed by atoms with Crippen LogP contribution in [-0.2, 0) is 6.42 Å². The lowest BCUT2D eigenvalue weighted by molar-refractivity contribution is 0.0748. The number of carbonyl (C=O) groups excluding carboxylic acids is 1. The van der Waals surface area contributed by atoms with E-state index in [4.69, 9.17) is 4.98 Å². The minimum atomic E-state index is 0.0883. The zero-order valence-corrected chi connectivity index (χ0v) is 19.8. The Kier molecular flexibility index (Phi) is 6.57. The zero-order chi connectivity index (χ0) is 23.3. The van der Waals surface area contributed by atoms with E-state index in [2.05, 4.69) is 36.1 Å². The third-order valence-corrected chi connectivity index (χ3v) is 6.70. The average Bonchev–Trinajstić information content (AvgIpc) is 2.92. The maximum absolute atomic E-state index is 13.7. The molecular formula is C30H31N3O. The van der Waals surface area contributed by atoms with Gasteiger partial charge in [-0.05, 0) is 42.7 Å². The molecule has 2 heterocycles. The van der Waals surface area contributed by atoms with Crippen LogP contribution in [0.4, 0.5) is 5.69 Å². The van der Waals surface area contributed by atoms with Crippen molar-refractivity contribution in [1.82, 2.24) is 9.88 Å². The molecule has 1 aromatic heterocycles. The molecule has 0 spiro atoms. The maximum Gasteiger partial charge on any atom is 0.254 e. The second kappa shape index (κ2) is 10.1. The summed E-state index contributed by atoms with van der Waals surface area (Å²) < 4.78 is 0. The van der Waals surface area contributed by atoms with E-state index in [1.54, 1.807) is 0 Å². The van der Waals surface area contributed by atoms with Crippen LogP contribution in [0, 0.1) is 0 Å². The predicted molar refractivity (Wildman–Crippen MR) is 140 cm³/mol. The second-order valence-corrected chi connectivity index (χ2v) is 8.99. The lowest BCUT2D eigenvalue weighted by Crippen LogP contribution is -2.48. The number of nitrogens with zero attached hydrogens (tertiary/aromatic N) is 3. The van der Waals surface area contributed by atoms with Crippen LogP contribution in [0.1, 0.15) is 35.7 Å². The molecule has 3 aromatic carbocycles. The Balaban J connectivity index is 1.34. The molecule has 0 saturated carbocycles. The Morgan fingerprint density at radius 3 is 2.29 bits per heavy atom. The standard InChI is InChI=1S/C30H31N3O/c1-2-3-9-23-14-16-25(17-15-23)32-18-20-33(21-19-32)30(34)27-22-29(24-10-5-4-6-11-24)31-28-13-8-7-12-26(27)28/h4-8,10-17,22H,2-3,9,18-21H2,1H3. The van der Waals surface area contributed by atoms with E-state index in [0.29, 0.717) is 13.1 Å². The first-order valence-corrected chi connectivity index (χ1v) is 12.3. The Hall–Kier alpha value is -3.66. The fraction of sp³-hybridized carbons (Fsp3) is 0.267. The van der Waals surface area contributed by atoms with Gasteiger partial charge in [0.15, 0.2) is 0 Å². The highest BCUT2D eigenvalue weighted by Crippen LogP contribution is 2.27. The van der Waals surface area contributed by atoms with Crippen LogP contribution in [0.5, 0.6) is 0 Å². The SMILES string of the molecule is CCCCc1ccc(N2CCN(C(=O)c3cc(-c4ccccc4)nc4ccccc34)CC2)cc1. The van der Waals surface area contributed by atoms with Crippen LogP contribution in [0.25, 0.3) is 22.2 Å². The van der Waals surface area contributed by atoms with Crippen molar-refractivity contribution in [2.45, 2.75) is 26.2 Å². The van der Waals surface area contributed by atoms with Gasteiger partial charge in [-0.2, -0.15) is 0 Å². The molecule has 0 bridgehead atoms. The number of benzene rings is 3. The van der Waals surface area contributed by atoms with Crippen LogP contribution >= 0.6 is 0 Å². The summed E-state index contributed by atoms with van der Waals surface area (Å²) in [5, 5.41) is 0.914. The quantitative estimate of drug-likeness (QED) is 0.351. The molecule has 1 aliphatic heterocycles. The van der Waals surface area contributed by atoms with E-state index in [1.165, 1.54) is 24.1 Å². The molecule has 5 rings (SSSR count). The van der Waals surface area contributed by atoms with Gasteiger partial charge in [0, 0.05) is 42.8 Å². The molecule has 4 aromatic rings. The molecule has 0 radical (unpaired) electrons. The van der Waals surface area contributed by atoms with Crippen molar-refractivity contribution < 1.29 is 4.79 Å². The largest absolute Gasteiger partial charge is 0.368 e. The molecule has 1 aliphatic rings. The number of fused-ring (bicyclic) bond motifs is 1. The van der Waals surface area contributed by atoms with E-state index in [-0.39, 0.29) is 5.91 Å². The van der Waals surface area contributed by atoms with Crippen molar-refractivity contribution in [2.24, 2.45) is 0 Å². The number of aromatic nitrogens is 1. The number of anilines is 1. The minimum absolute atomic E-state index is 0.0883. The molecular weight excluding hydrogens is 418 g/mol. The molecule has 4 nitrogen and oxygen atoms in total. The molecule has 4 heteroatoms. The first kappa shape index (κ1) is 22.1. The summed E-state index contributed by atoms with van der Waals surface area (Å²) in [6.45, 7) is 5.34. The number of rotatable bonds is 6. The van der Waals surface area contributed by atoms with Gasteiger partial charge in [0.05, 0.1) is 16.8 Å². The zero-order valence-electron chi connectivity index (χ0n) is 19.8. The van der Waals surface area contributed by atoms with Crippen LogP contribution in [0.3, 0.4) is 0 Å². The molecule has 34 heavy (non-hydrogen) atoms. The number of aryl methyl sites for hydroxylation is 1. The molecule has 0 aliphatic carbocycles. The highest BCUT2D eigenvalue weighted by molar-refractivity contribution is 6.07. The van der Waals surface area contributed by atoms with E-state index in [0.717, 1.165) is 47.2 Å². The van der Waals surface area contributed by atoms with Gasteiger partial charge in [0.25, 0.3) is 5.91 Å². The number of hydrogen-bond donors (Lipinski definition) is 0. The fourth-order valence-corrected chi connectivity index (χ4v) is 4.70. The van der Waals surface area contributed by atoms with Crippen LogP contribution in [0.2, 0.25) is 0 Å². The van der Waals surface area contributed by atoms with Gasteiger partial charge in [-0.1, -0.05) is 74.0 Å². The Morgan fingerprint density at radius 1 is 0.853 bits per heavy atom. The first-order chi connectivity index (χ1) is 16.7. The van der Waals surface area contributed by atoms with Gasteiger partial charge in [-0.3, -0.25) is 4.79 Å². The number of piperazine rings is 1. The van der Waals surface area contributed by atoms with Crippen molar-refractivity contribution in [3.05, 3.63) is 96.1 Å². The maximum atomic E-state index is 13.7. The van der Waals surface area contributed by atoms with E-state index in [1.807, 2.05) is 65.6 Å². The van der Waals surface area contributed by atoms with Crippen LogP contribution in [0.15, 0.2) is 84.9 Å². The fourth-order valence-electron chi connectivity index (χ4n) is 4.70. The lowest BCUT2D eigenvalue weighted by atomic mass is 10.0. The van der Waals surface area contributed by atoms with Crippen molar-refractivity contribution in [1.29, 1.82) is 0 Å². The third kappa shape index (κ3) is 4.67. The molecule has 1 amide bonds.